The van der Waals surface area contributed by atoms with Gasteiger partial charge in [0.05, 0.1) is 16.2 Å². The summed E-state index contributed by atoms with van der Waals surface area (Å²) in [4.78, 5) is 33.9. The van der Waals surface area contributed by atoms with Gasteiger partial charge >= 0.3 is 5.97 Å². The van der Waals surface area contributed by atoms with Crippen molar-refractivity contribution in [1.29, 1.82) is 0 Å². The summed E-state index contributed by atoms with van der Waals surface area (Å²) < 4.78 is 0. The molecule has 4 rings (SSSR count). The van der Waals surface area contributed by atoms with Gasteiger partial charge < -0.3 is 15.3 Å². The number of nitrogens with zero attached hydrogens (tertiary/aromatic N) is 4. The second-order valence-electron chi connectivity index (χ2n) is 7.61. The van der Waals surface area contributed by atoms with Crippen LogP contribution in [0.5, 0.6) is 0 Å². The molecule has 0 unspecified atom stereocenters. The number of aromatic carboxylic acids is 1. The van der Waals surface area contributed by atoms with Crippen LogP contribution in [0.2, 0.25) is 0 Å². The van der Waals surface area contributed by atoms with Gasteiger partial charge in [0.25, 0.3) is 5.69 Å². The highest BCUT2D eigenvalue weighted by Crippen LogP contribution is 2.48. The smallest absolute Gasteiger partial charge is 0.335 e. The Labute approximate surface area is 180 Å². The molecule has 10 heteroatoms. The van der Waals surface area contributed by atoms with Crippen molar-refractivity contribution in [3.63, 3.8) is 0 Å². The van der Waals surface area contributed by atoms with Gasteiger partial charge in [0.15, 0.2) is 0 Å². The highest BCUT2D eigenvalue weighted by molar-refractivity contribution is 5.90. The summed E-state index contributed by atoms with van der Waals surface area (Å²) in [5, 5.41) is 24.3. The summed E-state index contributed by atoms with van der Waals surface area (Å²) in [5.41, 5.74) is 2.23. The fourth-order valence-electron chi connectivity index (χ4n) is 4.46. The van der Waals surface area contributed by atoms with Crippen molar-refractivity contribution in [2.24, 2.45) is 0 Å². The van der Waals surface area contributed by atoms with E-state index >= 15 is 0 Å². The highest BCUT2D eigenvalue weighted by atomic mass is 35.5. The Bertz CT molecular complexity index is 962. The zero-order valence-corrected chi connectivity index (χ0v) is 17.4. The van der Waals surface area contributed by atoms with Crippen LogP contribution in [-0.2, 0) is 0 Å². The average Bonchev–Trinajstić information content (AvgIpc) is 2.88. The minimum absolute atomic E-state index is 0. The molecule has 1 aliphatic heterocycles. The minimum atomic E-state index is -1.09. The van der Waals surface area contributed by atoms with E-state index in [9.17, 15) is 20.0 Å². The molecule has 0 bridgehead atoms. The maximum absolute atomic E-state index is 11.8. The Morgan fingerprint density at radius 3 is 2.83 bits per heavy atom. The van der Waals surface area contributed by atoms with E-state index in [1.165, 1.54) is 24.5 Å². The number of anilines is 1. The number of rotatable bonds is 4. The molecule has 0 amide bonds. The van der Waals surface area contributed by atoms with Crippen molar-refractivity contribution >= 4 is 29.9 Å². The van der Waals surface area contributed by atoms with Crippen LogP contribution in [0.15, 0.2) is 24.5 Å². The molecule has 30 heavy (non-hydrogen) atoms. The number of hydrogen-bond donors (Lipinski definition) is 2. The van der Waals surface area contributed by atoms with Crippen molar-refractivity contribution in [3.05, 3.63) is 57.0 Å². The van der Waals surface area contributed by atoms with Crippen molar-refractivity contribution in [2.45, 2.75) is 31.6 Å². The van der Waals surface area contributed by atoms with Gasteiger partial charge in [-0.3, -0.25) is 10.1 Å². The van der Waals surface area contributed by atoms with E-state index in [1.807, 2.05) is 0 Å². The third-order valence-electron chi connectivity index (χ3n) is 5.80. The number of nitro groups is 1. The summed E-state index contributed by atoms with van der Waals surface area (Å²) in [7, 11) is 0. The van der Waals surface area contributed by atoms with Gasteiger partial charge in [0.1, 0.15) is 12.1 Å². The van der Waals surface area contributed by atoms with Crippen molar-refractivity contribution in [2.75, 3.05) is 31.1 Å². The van der Waals surface area contributed by atoms with Gasteiger partial charge in [-0.2, -0.15) is 0 Å². The van der Waals surface area contributed by atoms with Crippen molar-refractivity contribution in [3.8, 4) is 0 Å². The van der Waals surface area contributed by atoms with E-state index in [1.54, 1.807) is 0 Å². The molecule has 2 aliphatic rings. The fourth-order valence-corrected chi connectivity index (χ4v) is 4.46. The Morgan fingerprint density at radius 2 is 2.10 bits per heavy atom. The number of aromatic nitrogens is 2. The molecule has 2 atom stereocenters. The Balaban J connectivity index is 0.00000256. The minimum Gasteiger partial charge on any atom is -0.478 e. The van der Waals surface area contributed by atoms with Gasteiger partial charge in [-0.05, 0) is 36.9 Å². The monoisotopic (exact) mass is 433 g/mol. The molecule has 2 heterocycles. The number of halogens is 1. The number of carboxylic acids is 1. The van der Waals surface area contributed by atoms with Crippen LogP contribution in [0.4, 0.5) is 11.5 Å². The number of hydrogen-bond acceptors (Lipinski definition) is 7. The molecule has 1 aliphatic carbocycles. The number of nitrogens with one attached hydrogen (secondary N) is 1. The number of nitro benzene ring substituents is 1. The Morgan fingerprint density at radius 1 is 1.30 bits per heavy atom. The third-order valence-corrected chi connectivity index (χ3v) is 5.80. The zero-order chi connectivity index (χ0) is 20.5. The van der Waals surface area contributed by atoms with Gasteiger partial charge in [-0.15, -0.1) is 12.4 Å². The van der Waals surface area contributed by atoms with Crippen LogP contribution in [0, 0.1) is 10.1 Å². The molecular weight excluding hydrogens is 410 g/mol. The molecule has 0 spiro atoms. The molecular formula is C20H24ClN5O4. The van der Waals surface area contributed by atoms with Crippen molar-refractivity contribution in [1.82, 2.24) is 15.3 Å². The molecule has 1 saturated heterocycles. The number of benzene rings is 1. The summed E-state index contributed by atoms with van der Waals surface area (Å²) in [6.07, 6.45) is 3.19. The lowest BCUT2D eigenvalue weighted by Gasteiger charge is -2.24. The lowest BCUT2D eigenvalue weighted by atomic mass is 9.90. The standard InChI is InChI=1S/C20H23N5O4.ClH/c1-12-9-16(15-10-13(25(28)29)3-4-14(15)20(26)27)18-17(12)19(23-11-22-18)24-7-2-5-21-6-8-24;/h3-4,10-12,16,21H,2,5-9H2,1H3,(H,26,27);1H/t12-,16-;/m1./s1. The molecule has 2 N–H and O–H groups in total. The SMILES string of the molecule is C[C@@H]1C[C@H](c2cc([N+](=O)[O-])ccc2C(=O)O)c2ncnc(N3CCCNCC3)c21.Cl. The van der Waals surface area contributed by atoms with E-state index in [2.05, 4.69) is 27.1 Å². The Hall–Kier alpha value is -2.78. The maximum Gasteiger partial charge on any atom is 0.335 e. The van der Waals surface area contributed by atoms with Crippen LogP contribution >= 0.6 is 12.4 Å². The van der Waals surface area contributed by atoms with Crippen molar-refractivity contribution < 1.29 is 14.8 Å². The van der Waals surface area contributed by atoms with Gasteiger partial charge in [-0.25, -0.2) is 14.8 Å². The molecule has 0 radical (unpaired) electrons. The number of non-ortho nitro benzene ring substituents is 1. The van der Waals surface area contributed by atoms with Gasteiger partial charge in [-0.1, -0.05) is 6.92 Å². The zero-order valence-electron chi connectivity index (χ0n) is 16.6. The van der Waals surface area contributed by atoms with E-state index < -0.39 is 10.9 Å². The summed E-state index contributed by atoms with van der Waals surface area (Å²) >= 11 is 0. The molecule has 1 aromatic carbocycles. The molecule has 2 aromatic rings. The first-order valence-electron chi connectivity index (χ1n) is 9.79. The summed E-state index contributed by atoms with van der Waals surface area (Å²) in [6.45, 7) is 5.67. The van der Waals surface area contributed by atoms with Gasteiger partial charge in [0, 0.05) is 43.2 Å². The quantitative estimate of drug-likeness (QED) is 0.557. The number of carbonyl (C=O) groups is 1. The molecule has 1 aromatic heterocycles. The lowest BCUT2D eigenvalue weighted by molar-refractivity contribution is -0.384. The first-order chi connectivity index (χ1) is 14.0. The van der Waals surface area contributed by atoms with Crippen LogP contribution in [0.3, 0.4) is 0 Å². The Kier molecular flexibility index (Phi) is 6.52. The van der Waals surface area contributed by atoms with Crippen LogP contribution in [0.1, 0.15) is 58.8 Å². The summed E-state index contributed by atoms with van der Waals surface area (Å²) in [6, 6.07) is 3.94. The number of fused-ring (bicyclic) bond motifs is 1. The average molecular weight is 434 g/mol. The third kappa shape index (κ3) is 3.95. The lowest BCUT2D eigenvalue weighted by Crippen LogP contribution is -2.29. The largest absolute Gasteiger partial charge is 0.478 e. The second kappa shape index (κ2) is 8.93. The first-order valence-corrected chi connectivity index (χ1v) is 9.79. The van der Waals surface area contributed by atoms with E-state index in [0.717, 1.165) is 49.7 Å². The topological polar surface area (TPSA) is 121 Å². The maximum atomic E-state index is 11.8. The first kappa shape index (κ1) is 21.9. The molecule has 160 valence electrons. The molecule has 9 nitrogen and oxygen atoms in total. The predicted molar refractivity (Wildman–Crippen MR) is 114 cm³/mol. The normalized spacial score (nSPS) is 20.8. The van der Waals surface area contributed by atoms with Gasteiger partial charge in [0.2, 0.25) is 0 Å². The molecule has 0 saturated carbocycles. The second-order valence-corrected chi connectivity index (χ2v) is 7.61. The van der Waals surface area contributed by atoms with Crippen LogP contribution in [-0.4, -0.2) is 52.1 Å². The van der Waals surface area contributed by atoms with E-state index in [-0.39, 0.29) is 35.5 Å². The number of carboxylic acid groups (broad SMARTS) is 1. The highest BCUT2D eigenvalue weighted by Gasteiger charge is 2.37. The summed E-state index contributed by atoms with van der Waals surface area (Å²) in [5.74, 6) is -0.374. The van der Waals surface area contributed by atoms with E-state index in [0.29, 0.717) is 12.0 Å². The predicted octanol–water partition coefficient (Wildman–Crippen LogP) is 2.94. The van der Waals surface area contributed by atoms with Crippen LogP contribution < -0.4 is 10.2 Å². The van der Waals surface area contributed by atoms with Crippen LogP contribution in [0.25, 0.3) is 0 Å². The van der Waals surface area contributed by atoms with E-state index in [4.69, 9.17) is 0 Å². The molecule has 1 fully saturated rings. The fraction of sp³-hybridized carbons (Fsp3) is 0.450.